The Labute approximate surface area is 84.3 Å². The second-order valence-electron chi connectivity index (χ2n) is 2.89. The van der Waals surface area contributed by atoms with E-state index in [0.29, 0.717) is 0 Å². The van der Waals surface area contributed by atoms with Crippen LogP contribution < -0.4 is 10.2 Å². The zero-order chi connectivity index (χ0) is 11.6. The van der Waals surface area contributed by atoms with Gasteiger partial charge in [0.2, 0.25) is 0 Å². The van der Waals surface area contributed by atoms with Gasteiger partial charge in [-0.1, -0.05) is 12.1 Å². The SMILES string of the molecule is Cc1c(OC(F)(F)F)cccc1B(O)O. The molecule has 0 saturated heterocycles. The second kappa shape index (κ2) is 4.12. The highest BCUT2D eigenvalue weighted by Gasteiger charge is 2.32. The third-order valence-corrected chi connectivity index (χ3v) is 1.83. The smallest absolute Gasteiger partial charge is 0.423 e. The number of alkyl halides is 3. The van der Waals surface area contributed by atoms with Crippen molar-refractivity contribution in [1.29, 1.82) is 0 Å². The first-order valence-electron chi connectivity index (χ1n) is 4.02. The van der Waals surface area contributed by atoms with Crippen LogP contribution in [0, 0.1) is 6.92 Å². The molecule has 0 atom stereocenters. The van der Waals surface area contributed by atoms with E-state index in [9.17, 15) is 13.2 Å². The van der Waals surface area contributed by atoms with E-state index < -0.39 is 19.2 Å². The van der Waals surface area contributed by atoms with Gasteiger partial charge in [0.1, 0.15) is 5.75 Å². The average Bonchev–Trinajstić information content (AvgIpc) is 2.05. The third kappa shape index (κ3) is 3.14. The molecule has 0 fully saturated rings. The Balaban J connectivity index is 3.05. The molecule has 0 spiro atoms. The summed E-state index contributed by atoms with van der Waals surface area (Å²) in [7, 11) is -1.82. The van der Waals surface area contributed by atoms with Crippen LogP contribution in [0.4, 0.5) is 13.2 Å². The van der Waals surface area contributed by atoms with Crippen molar-refractivity contribution in [2.24, 2.45) is 0 Å². The molecule has 0 saturated carbocycles. The predicted octanol–water partition coefficient (Wildman–Crippen LogP) is 0.573. The molecule has 0 heterocycles. The van der Waals surface area contributed by atoms with Gasteiger partial charge in [0, 0.05) is 0 Å². The van der Waals surface area contributed by atoms with Crippen molar-refractivity contribution in [3.63, 3.8) is 0 Å². The fourth-order valence-corrected chi connectivity index (χ4v) is 1.15. The van der Waals surface area contributed by atoms with E-state index in [1.165, 1.54) is 19.1 Å². The molecule has 1 aromatic rings. The van der Waals surface area contributed by atoms with Crippen molar-refractivity contribution in [3.05, 3.63) is 23.8 Å². The average molecular weight is 220 g/mol. The summed E-state index contributed by atoms with van der Waals surface area (Å²) in [5.41, 5.74) is 0.0292. The van der Waals surface area contributed by atoms with Crippen LogP contribution in [0.15, 0.2) is 18.2 Å². The molecule has 2 N–H and O–H groups in total. The lowest BCUT2D eigenvalue weighted by Crippen LogP contribution is -2.32. The molecule has 82 valence electrons. The van der Waals surface area contributed by atoms with Gasteiger partial charge in [-0.2, -0.15) is 0 Å². The number of benzene rings is 1. The van der Waals surface area contributed by atoms with Gasteiger partial charge in [-0.25, -0.2) is 0 Å². The molecule has 7 heteroatoms. The Morgan fingerprint density at radius 2 is 1.87 bits per heavy atom. The summed E-state index contributed by atoms with van der Waals surface area (Å²) in [6.45, 7) is 1.32. The Kier molecular flexibility index (Phi) is 3.26. The van der Waals surface area contributed by atoms with Crippen molar-refractivity contribution < 1.29 is 28.0 Å². The summed E-state index contributed by atoms with van der Waals surface area (Å²) in [4.78, 5) is 0. The van der Waals surface area contributed by atoms with Crippen LogP contribution in [0.5, 0.6) is 5.75 Å². The maximum absolute atomic E-state index is 11.9. The molecule has 1 aromatic carbocycles. The molecule has 0 aromatic heterocycles. The van der Waals surface area contributed by atoms with E-state index in [4.69, 9.17) is 10.0 Å². The van der Waals surface area contributed by atoms with Crippen LogP contribution in [0.1, 0.15) is 5.56 Å². The largest absolute Gasteiger partial charge is 0.573 e. The molecule has 0 aliphatic carbocycles. The highest BCUT2D eigenvalue weighted by molar-refractivity contribution is 6.59. The normalized spacial score (nSPS) is 11.3. The minimum absolute atomic E-state index is 0.0169. The fourth-order valence-electron chi connectivity index (χ4n) is 1.15. The number of hydrogen-bond acceptors (Lipinski definition) is 3. The summed E-state index contributed by atoms with van der Waals surface area (Å²) in [5.74, 6) is -0.437. The van der Waals surface area contributed by atoms with Gasteiger partial charge in [0.05, 0.1) is 0 Å². The van der Waals surface area contributed by atoms with Gasteiger partial charge >= 0.3 is 13.5 Å². The van der Waals surface area contributed by atoms with E-state index in [1.807, 2.05) is 0 Å². The maximum Gasteiger partial charge on any atom is 0.573 e. The summed E-state index contributed by atoms with van der Waals surface area (Å²) >= 11 is 0. The molecule has 15 heavy (non-hydrogen) atoms. The molecular weight excluding hydrogens is 212 g/mol. The molecule has 0 unspecified atom stereocenters. The summed E-state index contributed by atoms with van der Waals surface area (Å²) in [6.07, 6.45) is -4.79. The van der Waals surface area contributed by atoms with Crippen LogP contribution in [-0.4, -0.2) is 23.5 Å². The zero-order valence-electron chi connectivity index (χ0n) is 7.75. The molecule has 3 nitrogen and oxygen atoms in total. The lowest BCUT2D eigenvalue weighted by molar-refractivity contribution is -0.274. The van der Waals surface area contributed by atoms with Gasteiger partial charge in [-0.15, -0.1) is 13.2 Å². The third-order valence-electron chi connectivity index (χ3n) is 1.83. The molecule has 0 bridgehead atoms. The van der Waals surface area contributed by atoms with Gasteiger partial charge in [-0.05, 0) is 24.0 Å². The van der Waals surface area contributed by atoms with Crippen molar-refractivity contribution >= 4 is 12.6 Å². The highest BCUT2D eigenvalue weighted by Crippen LogP contribution is 2.24. The second-order valence-corrected chi connectivity index (χ2v) is 2.89. The van der Waals surface area contributed by atoms with Crippen molar-refractivity contribution in [2.45, 2.75) is 13.3 Å². The monoisotopic (exact) mass is 220 g/mol. The van der Waals surface area contributed by atoms with Gasteiger partial charge < -0.3 is 14.8 Å². The molecular formula is C8H8BF3O3. The first-order valence-corrected chi connectivity index (χ1v) is 4.02. The quantitative estimate of drug-likeness (QED) is 0.716. The Bertz CT molecular complexity index is 351. The Morgan fingerprint density at radius 1 is 1.27 bits per heavy atom. The first-order chi connectivity index (χ1) is 6.81. The number of halogens is 3. The number of rotatable bonds is 2. The van der Waals surface area contributed by atoms with Gasteiger partial charge in [0.25, 0.3) is 0 Å². The highest BCUT2D eigenvalue weighted by atomic mass is 19.4. The van der Waals surface area contributed by atoms with Gasteiger partial charge in [-0.3, -0.25) is 0 Å². The lowest BCUT2D eigenvalue weighted by atomic mass is 9.77. The first kappa shape index (κ1) is 11.9. The van der Waals surface area contributed by atoms with Crippen LogP contribution in [-0.2, 0) is 0 Å². The van der Waals surface area contributed by atoms with Crippen LogP contribution in [0.25, 0.3) is 0 Å². The van der Waals surface area contributed by atoms with Gasteiger partial charge in [0.15, 0.2) is 0 Å². The maximum atomic E-state index is 11.9. The zero-order valence-corrected chi connectivity index (χ0v) is 7.75. The Morgan fingerprint density at radius 3 is 2.33 bits per heavy atom. The van der Waals surface area contributed by atoms with E-state index in [1.54, 1.807) is 0 Å². The van der Waals surface area contributed by atoms with E-state index in [-0.39, 0.29) is 11.0 Å². The standard InChI is InChI=1S/C8H8BF3O3/c1-5-6(9(13)14)3-2-4-7(5)15-8(10,11)12/h2-4,13-14H,1H3. The minimum atomic E-state index is -4.79. The summed E-state index contributed by atoms with van der Waals surface area (Å²) in [5, 5.41) is 17.7. The molecule has 0 aliphatic rings. The molecule has 0 aliphatic heterocycles. The number of ether oxygens (including phenoxy) is 1. The van der Waals surface area contributed by atoms with Crippen molar-refractivity contribution in [3.8, 4) is 5.75 Å². The Hall–Kier alpha value is -1.21. The molecule has 0 amide bonds. The van der Waals surface area contributed by atoms with Crippen LogP contribution >= 0.6 is 0 Å². The lowest BCUT2D eigenvalue weighted by Gasteiger charge is -2.13. The summed E-state index contributed by atoms with van der Waals surface area (Å²) < 4.78 is 39.4. The fraction of sp³-hybridized carbons (Fsp3) is 0.250. The summed E-state index contributed by atoms with van der Waals surface area (Å²) in [6, 6.07) is 3.67. The molecule has 1 rings (SSSR count). The molecule has 0 radical (unpaired) electrons. The van der Waals surface area contributed by atoms with Crippen LogP contribution in [0.3, 0.4) is 0 Å². The minimum Gasteiger partial charge on any atom is -0.423 e. The van der Waals surface area contributed by atoms with E-state index in [0.717, 1.165) is 6.07 Å². The van der Waals surface area contributed by atoms with E-state index >= 15 is 0 Å². The topological polar surface area (TPSA) is 49.7 Å². The predicted molar refractivity (Wildman–Crippen MR) is 47.7 cm³/mol. The van der Waals surface area contributed by atoms with Crippen LogP contribution in [0.2, 0.25) is 0 Å². The number of hydrogen-bond donors (Lipinski definition) is 2. The van der Waals surface area contributed by atoms with Crippen molar-refractivity contribution in [2.75, 3.05) is 0 Å². The van der Waals surface area contributed by atoms with E-state index in [2.05, 4.69) is 4.74 Å². The van der Waals surface area contributed by atoms with Crippen molar-refractivity contribution in [1.82, 2.24) is 0 Å².